The molecular weight excluding hydrogens is 715 g/mol. The fraction of sp³-hybridized carbons (Fsp3) is 0.0175. The molecule has 0 aliphatic heterocycles. The van der Waals surface area contributed by atoms with E-state index in [9.17, 15) is 0 Å². The van der Waals surface area contributed by atoms with Crippen LogP contribution in [0, 0.1) is 0 Å². The van der Waals surface area contributed by atoms with E-state index in [4.69, 9.17) is 4.42 Å². The third kappa shape index (κ3) is 5.00. The first-order valence-corrected chi connectivity index (χ1v) is 20.3. The molecule has 0 fully saturated rings. The van der Waals surface area contributed by atoms with Crippen LogP contribution in [0.15, 0.2) is 229 Å². The van der Waals surface area contributed by atoms with Gasteiger partial charge in [-0.3, -0.25) is 0 Å². The Bertz CT molecular complexity index is 3200. The number of furan rings is 1. The van der Waals surface area contributed by atoms with Gasteiger partial charge < -0.3 is 9.32 Å². The van der Waals surface area contributed by atoms with Gasteiger partial charge in [-0.25, -0.2) is 0 Å². The highest BCUT2D eigenvalue weighted by atomic mass is 16.3. The first-order valence-electron chi connectivity index (χ1n) is 20.3. The molecule has 12 rings (SSSR count). The minimum absolute atomic E-state index is 0.547. The molecule has 0 saturated carbocycles. The van der Waals surface area contributed by atoms with Crippen molar-refractivity contribution in [3.8, 4) is 55.8 Å². The highest BCUT2D eigenvalue weighted by molar-refractivity contribution is 6.02. The van der Waals surface area contributed by atoms with Gasteiger partial charge in [-0.1, -0.05) is 182 Å². The molecule has 276 valence electrons. The molecule has 0 amide bonds. The van der Waals surface area contributed by atoms with Crippen molar-refractivity contribution in [1.29, 1.82) is 0 Å². The van der Waals surface area contributed by atoms with Gasteiger partial charge in [-0.2, -0.15) is 0 Å². The second-order valence-corrected chi connectivity index (χ2v) is 15.6. The van der Waals surface area contributed by atoms with Crippen LogP contribution < -0.4 is 4.90 Å². The Morgan fingerprint density at radius 1 is 0.322 bits per heavy atom. The largest absolute Gasteiger partial charge is 0.456 e. The molecule has 1 unspecified atom stereocenters. The summed E-state index contributed by atoms with van der Waals surface area (Å²) in [6.07, 6.45) is 0. The predicted molar refractivity (Wildman–Crippen MR) is 244 cm³/mol. The maximum atomic E-state index is 6.79. The number of fused-ring (bicyclic) bond motifs is 12. The zero-order valence-corrected chi connectivity index (χ0v) is 32.2. The molecule has 2 nitrogen and oxygen atoms in total. The molecule has 59 heavy (non-hydrogen) atoms. The van der Waals surface area contributed by atoms with E-state index < -0.39 is 5.41 Å². The number of nitrogens with zero attached hydrogens (tertiary/aromatic N) is 1. The molecule has 1 heterocycles. The molecule has 0 bridgehead atoms. The Balaban J connectivity index is 1.06. The summed E-state index contributed by atoms with van der Waals surface area (Å²) >= 11 is 0. The standard InChI is InChI=1S/C57H37NO/c1-3-15-38(16-4-1)39-27-31-42(32-28-39)58(43-33-29-41(30-34-43)46-20-8-7-19-45(46)40-17-5-2-6-18-40)44-35-36-48-47-21-9-12-24-51(47)57(53(48)37-44)52-25-13-10-22-49(52)56-55(57)50-23-11-14-26-54(50)59-56/h1-37H. The second kappa shape index (κ2) is 13.2. The van der Waals surface area contributed by atoms with Crippen LogP contribution in [0.1, 0.15) is 22.3 Å². The molecule has 2 aliphatic carbocycles. The van der Waals surface area contributed by atoms with Gasteiger partial charge in [-0.15, -0.1) is 0 Å². The highest BCUT2D eigenvalue weighted by Crippen LogP contribution is 2.65. The Labute approximate surface area is 343 Å². The number of para-hydroxylation sites is 1. The van der Waals surface area contributed by atoms with Gasteiger partial charge in [0.15, 0.2) is 0 Å². The lowest BCUT2D eigenvalue weighted by molar-refractivity contribution is 0.628. The van der Waals surface area contributed by atoms with E-state index in [-0.39, 0.29) is 0 Å². The number of rotatable bonds is 6. The summed E-state index contributed by atoms with van der Waals surface area (Å²) in [6.45, 7) is 0. The van der Waals surface area contributed by atoms with Crippen LogP contribution in [-0.2, 0) is 5.41 Å². The van der Waals surface area contributed by atoms with Gasteiger partial charge in [0.25, 0.3) is 0 Å². The van der Waals surface area contributed by atoms with Crippen molar-refractivity contribution in [2.24, 2.45) is 0 Å². The molecule has 1 aromatic heterocycles. The third-order valence-electron chi connectivity index (χ3n) is 12.5. The molecule has 10 aromatic rings. The summed E-state index contributed by atoms with van der Waals surface area (Å²) in [6, 6.07) is 81.5. The summed E-state index contributed by atoms with van der Waals surface area (Å²) in [5.41, 5.74) is 19.6. The summed E-state index contributed by atoms with van der Waals surface area (Å²) in [4.78, 5) is 2.41. The molecule has 9 aromatic carbocycles. The lowest BCUT2D eigenvalue weighted by atomic mass is 9.70. The third-order valence-corrected chi connectivity index (χ3v) is 12.5. The molecular formula is C57H37NO. The van der Waals surface area contributed by atoms with E-state index in [0.717, 1.165) is 39.4 Å². The van der Waals surface area contributed by atoms with E-state index in [0.29, 0.717) is 0 Å². The molecule has 0 saturated heterocycles. The normalized spacial score (nSPS) is 14.5. The fourth-order valence-corrected chi connectivity index (χ4v) is 9.99. The molecule has 0 radical (unpaired) electrons. The lowest BCUT2D eigenvalue weighted by Gasteiger charge is -2.32. The van der Waals surface area contributed by atoms with Crippen LogP contribution in [0.25, 0.3) is 66.8 Å². The van der Waals surface area contributed by atoms with Crippen molar-refractivity contribution >= 4 is 28.0 Å². The van der Waals surface area contributed by atoms with E-state index in [1.807, 2.05) is 0 Å². The van der Waals surface area contributed by atoms with Crippen LogP contribution >= 0.6 is 0 Å². The van der Waals surface area contributed by atoms with Gasteiger partial charge in [-0.05, 0) is 104 Å². The molecule has 0 N–H and O–H groups in total. The summed E-state index contributed by atoms with van der Waals surface area (Å²) in [5, 5.41) is 1.16. The Morgan fingerprint density at radius 3 is 1.46 bits per heavy atom. The maximum Gasteiger partial charge on any atom is 0.140 e. The number of hydrogen-bond donors (Lipinski definition) is 0. The minimum atomic E-state index is -0.547. The van der Waals surface area contributed by atoms with E-state index in [2.05, 4.69) is 229 Å². The van der Waals surface area contributed by atoms with E-state index in [1.165, 1.54) is 66.8 Å². The Kier molecular flexibility index (Phi) is 7.48. The topological polar surface area (TPSA) is 16.4 Å². The molecule has 1 spiro atoms. The molecule has 2 heteroatoms. The van der Waals surface area contributed by atoms with Crippen molar-refractivity contribution < 1.29 is 4.42 Å². The van der Waals surface area contributed by atoms with Crippen LogP contribution in [0.2, 0.25) is 0 Å². The molecule has 1 atom stereocenters. The van der Waals surface area contributed by atoms with Crippen molar-refractivity contribution in [3.63, 3.8) is 0 Å². The minimum Gasteiger partial charge on any atom is -0.456 e. The van der Waals surface area contributed by atoms with Gasteiger partial charge in [0.1, 0.15) is 11.3 Å². The van der Waals surface area contributed by atoms with Gasteiger partial charge in [0.05, 0.1) is 5.41 Å². The average molecular weight is 752 g/mol. The second-order valence-electron chi connectivity index (χ2n) is 15.6. The van der Waals surface area contributed by atoms with Gasteiger partial charge in [0.2, 0.25) is 0 Å². The quantitative estimate of drug-likeness (QED) is 0.168. The number of anilines is 3. The number of hydrogen-bond acceptors (Lipinski definition) is 2. The molecule has 2 aliphatic rings. The zero-order valence-electron chi connectivity index (χ0n) is 32.2. The predicted octanol–water partition coefficient (Wildman–Crippen LogP) is 15.2. The monoisotopic (exact) mass is 751 g/mol. The van der Waals surface area contributed by atoms with Crippen molar-refractivity contribution in [2.75, 3.05) is 4.90 Å². The summed E-state index contributed by atoms with van der Waals surface area (Å²) < 4.78 is 6.79. The highest BCUT2D eigenvalue weighted by Gasteiger charge is 2.54. The zero-order chi connectivity index (χ0) is 38.9. The lowest BCUT2D eigenvalue weighted by Crippen LogP contribution is -2.26. The summed E-state index contributed by atoms with van der Waals surface area (Å²) in [5.74, 6) is 0.967. The first-order chi connectivity index (χ1) is 29.3. The Hall–Kier alpha value is -7.68. The maximum absolute atomic E-state index is 6.79. The van der Waals surface area contributed by atoms with Crippen LogP contribution in [0.5, 0.6) is 0 Å². The number of benzene rings is 9. The Morgan fingerprint density at radius 2 is 0.780 bits per heavy atom. The van der Waals surface area contributed by atoms with E-state index >= 15 is 0 Å². The van der Waals surface area contributed by atoms with Gasteiger partial charge >= 0.3 is 0 Å². The smallest absolute Gasteiger partial charge is 0.140 e. The average Bonchev–Trinajstić information content (AvgIpc) is 3.94. The summed E-state index contributed by atoms with van der Waals surface area (Å²) in [7, 11) is 0. The van der Waals surface area contributed by atoms with Crippen molar-refractivity contribution in [3.05, 3.63) is 247 Å². The van der Waals surface area contributed by atoms with Crippen LogP contribution in [0.3, 0.4) is 0 Å². The van der Waals surface area contributed by atoms with Crippen molar-refractivity contribution in [2.45, 2.75) is 5.41 Å². The fourth-order valence-electron chi connectivity index (χ4n) is 9.99. The first kappa shape index (κ1) is 33.5. The van der Waals surface area contributed by atoms with Crippen molar-refractivity contribution in [1.82, 2.24) is 0 Å². The van der Waals surface area contributed by atoms with Crippen LogP contribution in [0.4, 0.5) is 17.1 Å². The van der Waals surface area contributed by atoms with Crippen LogP contribution in [-0.4, -0.2) is 0 Å². The van der Waals surface area contributed by atoms with E-state index in [1.54, 1.807) is 0 Å². The van der Waals surface area contributed by atoms with Gasteiger partial charge in [0, 0.05) is 33.6 Å². The SMILES string of the molecule is c1ccc(-c2ccc(N(c3ccc(-c4ccccc4-c4ccccc4)cc3)c3ccc4c(c3)C3(c5ccccc5-4)c4ccccc4-c4oc5ccccc5c43)cc2)cc1.